The molecular weight excluding hydrogens is 554 g/mol. The van der Waals surface area contributed by atoms with Gasteiger partial charge in [0, 0.05) is 44.6 Å². The Hall–Kier alpha value is -4.77. The van der Waals surface area contributed by atoms with Gasteiger partial charge in [0.05, 0.1) is 11.1 Å². The third-order valence-electron chi connectivity index (χ3n) is 5.79. The van der Waals surface area contributed by atoms with Crippen LogP contribution in [0.3, 0.4) is 0 Å². The average molecular weight is 574 g/mol. The molecule has 3 heterocycles. The second-order valence-corrected chi connectivity index (χ2v) is 9.28. The monoisotopic (exact) mass is 573 g/mol. The number of carbonyl (C=O) groups is 1. The predicted octanol–water partition coefficient (Wildman–Crippen LogP) is 6.46. The highest BCUT2D eigenvalue weighted by molar-refractivity contribution is 9.10. The summed E-state index contributed by atoms with van der Waals surface area (Å²) in [5, 5.41) is 15.7. The molecule has 0 saturated heterocycles. The zero-order valence-corrected chi connectivity index (χ0v) is 21.8. The molecule has 0 unspecified atom stereocenters. The third kappa shape index (κ3) is 5.18. The van der Waals surface area contributed by atoms with Gasteiger partial charge in [-0.05, 0) is 68.4 Å². The number of aryl methyl sites for hydroxylation is 1. The van der Waals surface area contributed by atoms with Crippen molar-refractivity contribution in [1.29, 1.82) is 0 Å². The molecule has 38 heavy (non-hydrogen) atoms. The smallest absolute Gasteiger partial charge is 0.307 e. The Morgan fingerprint density at radius 2 is 1.92 bits per heavy atom. The van der Waals surface area contributed by atoms with Crippen molar-refractivity contribution in [3.63, 3.8) is 0 Å². The van der Waals surface area contributed by atoms with Gasteiger partial charge in [-0.2, -0.15) is 5.10 Å². The van der Waals surface area contributed by atoms with E-state index in [0.29, 0.717) is 11.3 Å². The van der Waals surface area contributed by atoms with Crippen LogP contribution in [0.1, 0.15) is 27.5 Å². The van der Waals surface area contributed by atoms with Crippen LogP contribution in [0.25, 0.3) is 16.7 Å². The molecule has 5 aromatic rings. The Labute approximate surface area is 224 Å². The number of halogens is 1. The molecule has 0 aliphatic rings. The summed E-state index contributed by atoms with van der Waals surface area (Å²) in [6, 6.07) is 19.3. The lowest BCUT2D eigenvalue weighted by Gasteiger charge is -2.11. The van der Waals surface area contributed by atoms with Gasteiger partial charge in [-0.3, -0.25) is 14.9 Å². The molecule has 190 valence electrons. The van der Waals surface area contributed by atoms with E-state index in [2.05, 4.69) is 31.4 Å². The summed E-state index contributed by atoms with van der Waals surface area (Å²) in [6.45, 7) is 3.93. The lowest BCUT2D eigenvalue weighted by molar-refractivity contribution is -0.385. The number of furan rings is 1. The summed E-state index contributed by atoms with van der Waals surface area (Å²) in [7, 11) is 0. The highest BCUT2D eigenvalue weighted by Gasteiger charge is 2.13. The Morgan fingerprint density at radius 1 is 1.13 bits per heavy atom. The molecule has 0 atom stereocenters. The van der Waals surface area contributed by atoms with Crippen LogP contribution >= 0.6 is 15.9 Å². The topological polar surface area (TPSA) is 125 Å². The molecule has 10 nitrogen and oxygen atoms in total. The van der Waals surface area contributed by atoms with E-state index in [1.807, 2.05) is 48.7 Å². The molecule has 0 aliphatic heterocycles. The van der Waals surface area contributed by atoms with E-state index in [1.165, 1.54) is 12.1 Å². The number of hydrazone groups is 1. The minimum absolute atomic E-state index is 0.104. The van der Waals surface area contributed by atoms with Crippen molar-refractivity contribution in [2.75, 3.05) is 0 Å². The van der Waals surface area contributed by atoms with Gasteiger partial charge in [-0.1, -0.05) is 15.9 Å². The first kappa shape index (κ1) is 24.9. The summed E-state index contributed by atoms with van der Waals surface area (Å²) in [6.07, 6.45) is 2.74. The Kier molecular flexibility index (Phi) is 6.75. The number of nitrogens with zero attached hydrogens (tertiary/aromatic N) is 4. The number of hydrogen-bond donors (Lipinski definition) is 1. The van der Waals surface area contributed by atoms with Crippen LogP contribution in [0.4, 0.5) is 5.69 Å². The number of rotatable bonds is 7. The maximum atomic E-state index is 12.5. The maximum Gasteiger partial charge on any atom is 0.307 e. The first-order chi connectivity index (χ1) is 18.3. The second-order valence-electron chi connectivity index (χ2n) is 8.36. The highest BCUT2D eigenvalue weighted by atomic mass is 79.9. The molecule has 2 aromatic carbocycles. The van der Waals surface area contributed by atoms with E-state index in [0.717, 1.165) is 38.7 Å². The third-order valence-corrected chi connectivity index (χ3v) is 6.28. The standard InChI is InChI=1S/C27H20BrN5O5/c1-16-11-19(14-30-31-27(34)25-13-18-12-20(28)3-9-24(18)38-25)17(2)32(16)21-4-7-23(8-5-21)37-26-10-6-22(15-29-26)33(35)36/h3-15H,1-2H3,(H,31,34)/b30-14+. The minimum atomic E-state index is -0.514. The van der Waals surface area contributed by atoms with Crippen molar-refractivity contribution in [2.45, 2.75) is 13.8 Å². The quantitative estimate of drug-likeness (QED) is 0.135. The normalized spacial score (nSPS) is 11.2. The van der Waals surface area contributed by atoms with Crippen LogP contribution in [0.5, 0.6) is 11.6 Å². The number of aromatic nitrogens is 2. The van der Waals surface area contributed by atoms with Gasteiger partial charge >= 0.3 is 5.91 Å². The van der Waals surface area contributed by atoms with Crippen LogP contribution in [0.2, 0.25) is 0 Å². The summed E-state index contributed by atoms with van der Waals surface area (Å²) in [5.41, 5.74) is 6.68. The number of carbonyl (C=O) groups excluding carboxylic acids is 1. The van der Waals surface area contributed by atoms with Crippen molar-refractivity contribution < 1.29 is 18.9 Å². The largest absolute Gasteiger partial charge is 0.451 e. The fraction of sp³-hybridized carbons (Fsp3) is 0.0741. The van der Waals surface area contributed by atoms with Crippen LogP contribution in [-0.4, -0.2) is 26.6 Å². The first-order valence-corrected chi connectivity index (χ1v) is 12.2. The summed E-state index contributed by atoms with van der Waals surface area (Å²) >= 11 is 3.41. The van der Waals surface area contributed by atoms with Crippen molar-refractivity contribution in [1.82, 2.24) is 15.0 Å². The number of pyridine rings is 1. The number of fused-ring (bicyclic) bond motifs is 1. The molecule has 1 N–H and O–H groups in total. The van der Waals surface area contributed by atoms with Crippen LogP contribution in [0.15, 0.2) is 86.9 Å². The second kappa shape index (κ2) is 10.3. The van der Waals surface area contributed by atoms with E-state index in [-0.39, 0.29) is 17.3 Å². The van der Waals surface area contributed by atoms with Gasteiger partial charge in [-0.15, -0.1) is 0 Å². The number of amides is 1. The van der Waals surface area contributed by atoms with E-state index >= 15 is 0 Å². The van der Waals surface area contributed by atoms with Gasteiger partial charge in [-0.25, -0.2) is 10.4 Å². The molecule has 11 heteroatoms. The fourth-order valence-corrected chi connectivity index (χ4v) is 4.36. The summed E-state index contributed by atoms with van der Waals surface area (Å²) < 4.78 is 14.2. The predicted molar refractivity (Wildman–Crippen MR) is 145 cm³/mol. The molecule has 0 bridgehead atoms. The molecule has 3 aromatic heterocycles. The lowest BCUT2D eigenvalue weighted by Crippen LogP contribution is -2.16. The summed E-state index contributed by atoms with van der Waals surface area (Å²) in [5.74, 6) is 0.528. The molecule has 5 rings (SSSR count). The van der Waals surface area contributed by atoms with Crippen LogP contribution in [0, 0.1) is 24.0 Å². The average Bonchev–Trinajstić information content (AvgIpc) is 3.44. The van der Waals surface area contributed by atoms with Crippen LogP contribution in [-0.2, 0) is 0 Å². The molecule has 0 fully saturated rings. The van der Waals surface area contributed by atoms with E-state index in [1.54, 1.807) is 30.5 Å². The Morgan fingerprint density at radius 3 is 2.63 bits per heavy atom. The number of benzene rings is 2. The zero-order valence-electron chi connectivity index (χ0n) is 20.2. The first-order valence-electron chi connectivity index (χ1n) is 11.4. The van der Waals surface area contributed by atoms with Crippen molar-refractivity contribution in [3.05, 3.63) is 110 Å². The van der Waals surface area contributed by atoms with Crippen molar-refractivity contribution in [2.24, 2.45) is 5.10 Å². The van der Waals surface area contributed by atoms with E-state index in [9.17, 15) is 14.9 Å². The van der Waals surface area contributed by atoms with Gasteiger partial charge in [0.2, 0.25) is 5.88 Å². The Balaban J connectivity index is 1.27. The van der Waals surface area contributed by atoms with Crippen LogP contribution < -0.4 is 10.2 Å². The van der Waals surface area contributed by atoms with Gasteiger partial charge in [0.1, 0.15) is 17.5 Å². The van der Waals surface area contributed by atoms with E-state index in [4.69, 9.17) is 9.15 Å². The zero-order chi connectivity index (χ0) is 26.8. The number of nitro groups is 1. The van der Waals surface area contributed by atoms with E-state index < -0.39 is 10.8 Å². The van der Waals surface area contributed by atoms with Gasteiger partial charge in [0.25, 0.3) is 5.69 Å². The molecular formula is C27H20BrN5O5. The molecule has 1 amide bonds. The highest BCUT2D eigenvalue weighted by Crippen LogP contribution is 2.26. The molecule has 0 saturated carbocycles. The summed E-state index contributed by atoms with van der Waals surface area (Å²) in [4.78, 5) is 26.7. The van der Waals surface area contributed by atoms with Crippen molar-refractivity contribution in [3.8, 4) is 17.3 Å². The van der Waals surface area contributed by atoms with Crippen molar-refractivity contribution >= 4 is 44.7 Å². The number of nitrogens with one attached hydrogen (secondary N) is 1. The maximum absolute atomic E-state index is 12.5. The molecule has 0 spiro atoms. The minimum Gasteiger partial charge on any atom is -0.451 e. The van der Waals surface area contributed by atoms with Gasteiger partial charge < -0.3 is 13.7 Å². The number of ether oxygens (including phenoxy) is 1. The van der Waals surface area contributed by atoms with Gasteiger partial charge in [0.15, 0.2) is 5.76 Å². The molecule has 0 aliphatic carbocycles. The number of hydrogen-bond acceptors (Lipinski definition) is 7. The Bertz CT molecular complexity index is 1690. The molecule has 0 radical (unpaired) electrons. The SMILES string of the molecule is Cc1cc(/C=N/NC(=O)c2cc3cc(Br)ccc3o2)c(C)n1-c1ccc(Oc2ccc([N+](=O)[O-])cn2)cc1. The fourth-order valence-electron chi connectivity index (χ4n) is 3.98. The lowest BCUT2D eigenvalue weighted by atomic mass is 10.2.